The second-order valence-electron chi connectivity index (χ2n) is 7.92. The third-order valence-corrected chi connectivity index (χ3v) is 5.74. The minimum atomic E-state index is -4.44. The van der Waals surface area contributed by atoms with Crippen LogP contribution in [0.1, 0.15) is 22.7 Å². The van der Waals surface area contributed by atoms with E-state index in [-0.39, 0.29) is 5.69 Å². The first kappa shape index (κ1) is 21.2. The highest BCUT2D eigenvalue weighted by molar-refractivity contribution is 5.65. The maximum Gasteiger partial charge on any atom is 0.418 e. The Balaban J connectivity index is 1.73. The minimum Gasteiger partial charge on any atom is -0.374 e. The van der Waals surface area contributed by atoms with Crippen molar-refractivity contribution in [1.29, 1.82) is 0 Å². The molecule has 1 N–H and O–H groups in total. The van der Waals surface area contributed by atoms with Gasteiger partial charge in [-0.2, -0.15) is 13.2 Å². The lowest BCUT2D eigenvalue weighted by Crippen LogP contribution is -2.44. The van der Waals surface area contributed by atoms with Crippen LogP contribution >= 0.6 is 0 Å². The quantitative estimate of drug-likeness (QED) is 0.569. The number of piperazine rings is 1. The summed E-state index contributed by atoms with van der Waals surface area (Å²) < 4.78 is 41.6. The fourth-order valence-electron chi connectivity index (χ4n) is 3.97. The van der Waals surface area contributed by atoms with Crippen LogP contribution in [0.25, 0.3) is 0 Å². The van der Waals surface area contributed by atoms with Crippen molar-refractivity contribution < 1.29 is 13.2 Å². The molecule has 6 heteroatoms. The molecule has 0 spiro atoms. The number of nitrogens with one attached hydrogen (secondary N) is 1. The van der Waals surface area contributed by atoms with Gasteiger partial charge in [0.25, 0.3) is 0 Å². The number of rotatable bonds is 5. The van der Waals surface area contributed by atoms with Crippen LogP contribution in [0.4, 0.5) is 24.5 Å². The molecule has 3 nitrogen and oxygen atoms in total. The molecule has 0 amide bonds. The van der Waals surface area contributed by atoms with Crippen LogP contribution in [-0.2, 0) is 6.18 Å². The lowest BCUT2D eigenvalue weighted by Gasteiger charge is -2.34. The van der Waals surface area contributed by atoms with E-state index in [2.05, 4.69) is 22.2 Å². The molecule has 31 heavy (non-hydrogen) atoms. The molecule has 162 valence electrons. The first-order chi connectivity index (χ1) is 14.9. The molecule has 0 saturated carbocycles. The van der Waals surface area contributed by atoms with E-state index in [4.69, 9.17) is 0 Å². The van der Waals surface area contributed by atoms with E-state index in [0.717, 1.165) is 43.0 Å². The Morgan fingerprint density at radius 1 is 0.774 bits per heavy atom. The molecule has 1 aliphatic rings. The topological polar surface area (TPSA) is 18.5 Å². The summed E-state index contributed by atoms with van der Waals surface area (Å²) in [6, 6.07) is 23.2. The van der Waals surface area contributed by atoms with Gasteiger partial charge >= 0.3 is 6.18 Å². The summed E-state index contributed by atoms with van der Waals surface area (Å²) in [5.74, 6) is 0. The van der Waals surface area contributed by atoms with Crippen molar-refractivity contribution in [2.75, 3.05) is 43.4 Å². The van der Waals surface area contributed by atoms with Crippen molar-refractivity contribution in [3.8, 4) is 0 Å². The summed E-state index contributed by atoms with van der Waals surface area (Å²) in [4.78, 5) is 4.37. The van der Waals surface area contributed by atoms with Gasteiger partial charge < -0.3 is 15.1 Å². The van der Waals surface area contributed by atoms with E-state index in [1.807, 2.05) is 60.7 Å². The summed E-state index contributed by atoms with van der Waals surface area (Å²) in [5, 5.41) is 3.22. The Kier molecular flexibility index (Phi) is 6.18. The third kappa shape index (κ3) is 5.02. The number of benzene rings is 3. The monoisotopic (exact) mass is 425 g/mol. The van der Waals surface area contributed by atoms with Crippen LogP contribution in [0.15, 0.2) is 78.9 Å². The number of hydrogen-bond donors (Lipinski definition) is 1. The largest absolute Gasteiger partial charge is 0.418 e. The number of likely N-dealkylation sites (N-methyl/N-ethyl adjacent to an activating group) is 1. The van der Waals surface area contributed by atoms with Crippen LogP contribution < -0.4 is 10.2 Å². The summed E-state index contributed by atoms with van der Waals surface area (Å²) in [6.45, 7) is 3.37. The van der Waals surface area contributed by atoms with E-state index in [0.29, 0.717) is 0 Å². The minimum absolute atomic E-state index is 0.0987. The number of halogens is 3. The first-order valence-electron chi connectivity index (χ1n) is 10.4. The molecule has 0 aliphatic carbocycles. The van der Waals surface area contributed by atoms with Gasteiger partial charge in [-0.25, -0.2) is 0 Å². The first-order valence-corrected chi connectivity index (χ1v) is 10.4. The smallest absolute Gasteiger partial charge is 0.374 e. The average molecular weight is 425 g/mol. The van der Waals surface area contributed by atoms with Gasteiger partial charge in [0.15, 0.2) is 0 Å². The highest BCUT2D eigenvalue weighted by atomic mass is 19.4. The molecular weight excluding hydrogens is 399 g/mol. The van der Waals surface area contributed by atoms with E-state index in [1.165, 1.54) is 6.07 Å². The zero-order valence-corrected chi connectivity index (χ0v) is 17.4. The van der Waals surface area contributed by atoms with Crippen molar-refractivity contribution in [3.63, 3.8) is 0 Å². The van der Waals surface area contributed by atoms with Crippen molar-refractivity contribution in [2.45, 2.75) is 12.2 Å². The summed E-state index contributed by atoms with van der Waals surface area (Å²) in [5.41, 5.74) is 2.07. The third-order valence-electron chi connectivity index (χ3n) is 5.74. The number of alkyl halides is 3. The normalized spacial score (nSPS) is 15.3. The summed E-state index contributed by atoms with van der Waals surface area (Å²) >= 11 is 0. The molecule has 1 fully saturated rings. The molecule has 1 aliphatic heterocycles. The van der Waals surface area contributed by atoms with Gasteiger partial charge in [-0.15, -0.1) is 0 Å². The van der Waals surface area contributed by atoms with Crippen LogP contribution in [0.2, 0.25) is 0 Å². The molecule has 3 aromatic rings. The van der Waals surface area contributed by atoms with Crippen LogP contribution in [0.5, 0.6) is 0 Å². The van der Waals surface area contributed by atoms with Crippen LogP contribution in [-0.4, -0.2) is 38.1 Å². The average Bonchev–Trinajstić information content (AvgIpc) is 2.78. The fraction of sp³-hybridized carbons (Fsp3) is 0.280. The Morgan fingerprint density at radius 2 is 1.32 bits per heavy atom. The van der Waals surface area contributed by atoms with E-state index >= 15 is 0 Å². The Morgan fingerprint density at radius 3 is 1.84 bits per heavy atom. The van der Waals surface area contributed by atoms with E-state index < -0.39 is 17.8 Å². The van der Waals surface area contributed by atoms with Gasteiger partial charge in [0.1, 0.15) is 0 Å². The van der Waals surface area contributed by atoms with Crippen LogP contribution in [0, 0.1) is 0 Å². The summed E-state index contributed by atoms with van der Waals surface area (Å²) in [6.07, 6.45) is -4.44. The number of nitrogens with zero attached hydrogens (tertiary/aromatic N) is 2. The van der Waals surface area contributed by atoms with E-state index in [1.54, 1.807) is 12.1 Å². The van der Waals surface area contributed by atoms with Crippen LogP contribution in [0.3, 0.4) is 0 Å². The summed E-state index contributed by atoms with van der Waals surface area (Å²) in [7, 11) is 2.06. The van der Waals surface area contributed by atoms with Gasteiger partial charge in [-0.1, -0.05) is 60.7 Å². The Labute approximate surface area is 181 Å². The van der Waals surface area contributed by atoms with Gasteiger partial charge in [-0.3, -0.25) is 0 Å². The Hall–Kier alpha value is -2.99. The molecule has 0 atom stereocenters. The second-order valence-corrected chi connectivity index (χ2v) is 7.92. The van der Waals surface area contributed by atoms with Crippen molar-refractivity contribution in [1.82, 2.24) is 4.90 Å². The van der Waals surface area contributed by atoms with Gasteiger partial charge in [0, 0.05) is 37.6 Å². The standard InChI is InChI=1S/C25H26F3N3/c1-30-14-16-31(17-15-30)21-12-13-22(25(26,27)28)23(18-21)29-24(19-8-4-2-5-9-19)20-10-6-3-7-11-20/h2-13,18,24,29H,14-17H2,1H3. The molecule has 0 aromatic heterocycles. The predicted octanol–water partition coefficient (Wildman–Crippen LogP) is 5.66. The second kappa shape index (κ2) is 9.02. The Bertz CT molecular complexity index is 942. The SMILES string of the molecule is CN1CCN(c2ccc(C(F)(F)F)c(NC(c3ccccc3)c3ccccc3)c2)CC1. The maximum absolute atomic E-state index is 13.9. The lowest BCUT2D eigenvalue weighted by molar-refractivity contribution is -0.137. The fourth-order valence-corrected chi connectivity index (χ4v) is 3.97. The molecule has 1 heterocycles. The zero-order valence-electron chi connectivity index (χ0n) is 17.4. The molecule has 0 unspecified atom stereocenters. The van der Waals surface area contributed by atoms with Crippen molar-refractivity contribution in [3.05, 3.63) is 95.6 Å². The molecular formula is C25H26F3N3. The van der Waals surface area contributed by atoms with Crippen molar-refractivity contribution in [2.24, 2.45) is 0 Å². The highest BCUT2D eigenvalue weighted by Gasteiger charge is 2.34. The van der Waals surface area contributed by atoms with Gasteiger partial charge in [0.2, 0.25) is 0 Å². The molecule has 0 radical (unpaired) electrons. The van der Waals surface area contributed by atoms with Gasteiger partial charge in [-0.05, 0) is 36.4 Å². The predicted molar refractivity (Wildman–Crippen MR) is 120 cm³/mol. The van der Waals surface area contributed by atoms with E-state index in [9.17, 15) is 13.2 Å². The number of anilines is 2. The molecule has 1 saturated heterocycles. The molecule has 3 aromatic carbocycles. The highest BCUT2D eigenvalue weighted by Crippen LogP contribution is 2.39. The van der Waals surface area contributed by atoms with Gasteiger partial charge in [0.05, 0.1) is 11.6 Å². The number of hydrogen-bond acceptors (Lipinski definition) is 3. The molecule has 0 bridgehead atoms. The van der Waals surface area contributed by atoms with Crippen molar-refractivity contribution >= 4 is 11.4 Å². The lowest BCUT2D eigenvalue weighted by atomic mass is 9.97. The molecule has 4 rings (SSSR count). The zero-order chi connectivity index (χ0) is 21.8. The maximum atomic E-state index is 13.9.